The van der Waals surface area contributed by atoms with Gasteiger partial charge in [0.1, 0.15) is 0 Å². The Morgan fingerprint density at radius 1 is 1.20 bits per heavy atom. The lowest BCUT2D eigenvalue weighted by Gasteiger charge is -2.26. The zero-order chi connectivity index (χ0) is 14.1. The van der Waals surface area contributed by atoms with E-state index >= 15 is 0 Å². The first kappa shape index (κ1) is 14.1. The Hall–Kier alpha value is -0.860. The summed E-state index contributed by atoms with van der Waals surface area (Å²) in [5.41, 5.74) is 4.25. The molecular weight excluding hydrogens is 244 g/mol. The fraction of sp³-hybridized carbons (Fsp3) is 0.667. The van der Waals surface area contributed by atoms with Crippen molar-refractivity contribution in [3.8, 4) is 0 Å². The van der Waals surface area contributed by atoms with Gasteiger partial charge >= 0.3 is 0 Å². The number of benzene rings is 1. The van der Waals surface area contributed by atoms with Gasteiger partial charge in [0.15, 0.2) is 0 Å². The molecule has 1 aromatic rings. The molecule has 1 saturated carbocycles. The molecule has 1 saturated heterocycles. The Kier molecular flexibility index (Phi) is 4.13. The van der Waals surface area contributed by atoms with Crippen molar-refractivity contribution >= 4 is 0 Å². The van der Waals surface area contributed by atoms with E-state index in [1.54, 1.807) is 0 Å². The van der Waals surface area contributed by atoms with Gasteiger partial charge < -0.3 is 10.2 Å². The summed E-state index contributed by atoms with van der Waals surface area (Å²) in [6, 6.07) is 7.32. The maximum Gasteiger partial charge on any atom is 0.0449 e. The van der Waals surface area contributed by atoms with Crippen molar-refractivity contribution in [1.29, 1.82) is 0 Å². The average molecular weight is 272 g/mol. The number of rotatable bonds is 4. The molecule has 3 rings (SSSR count). The maximum atomic E-state index is 3.53. The van der Waals surface area contributed by atoms with E-state index in [1.807, 2.05) is 0 Å². The highest BCUT2D eigenvalue weighted by Gasteiger charge is 2.36. The molecule has 2 fully saturated rings. The number of likely N-dealkylation sites (N-methyl/N-ethyl adjacent to an activating group) is 1. The summed E-state index contributed by atoms with van der Waals surface area (Å²) in [6.07, 6.45) is 4.40. The molecule has 0 radical (unpaired) electrons. The predicted molar refractivity (Wildman–Crippen MR) is 85.0 cm³/mol. The predicted octanol–water partition coefficient (Wildman–Crippen LogP) is 3.30. The van der Waals surface area contributed by atoms with E-state index in [0.29, 0.717) is 6.04 Å². The van der Waals surface area contributed by atoms with Gasteiger partial charge in [-0.3, -0.25) is 0 Å². The lowest BCUT2D eigenvalue weighted by Crippen LogP contribution is -2.33. The van der Waals surface area contributed by atoms with Gasteiger partial charge in [0.2, 0.25) is 0 Å². The standard InChI is InChI=1S/C18H28N2/c1-13-7-8-17(14(2)9-13)18(19-3)12-20-10-15-5-4-6-16(15)11-20/h7-9,15-16,18-19H,4-6,10-12H2,1-3H3. The van der Waals surface area contributed by atoms with Crippen molar-refractivity contribution in [1.82, 2.24) is 10.2 Å². The molecule has 3 atom stereocenters. The van der Waals surface area contributed by atoms with E-state index in [-0.39, 0.29) is 0 Å². The fourth-order valence-corrected chi connectivity index (χ4v) is 4.30. The summed E-state index contributed by atoms with van der Waals surface area (Å²) >= 11 is 0. The first-order valence-electron chi connectivity index (χ1n) is 8.14. The van der Waals surface area contributed by atoms with Gasteiger partial charge in [-0.05, 0) is 56.7 Å². The number of hydrogen-bond acceptors (Lipinski definition) is 2. The number of hydrogen-bond donors (Lipinski definition) is 1. The van der Waals surface area contributed by atoms with Crippen LogP contribution in [-0.2, 0) is 0 Å². The van der Waals surface area contributed by atoms with E-state index in [2.05, 4.69) is 49.3 Å². The van der Waals surface area contributed by atoms with Gasteiger partial charge in [0, 0.05) is 25.7 Å². The zero-order valence-corrected chi connectivity index (χ0v) is 13.2. The highest BCUT2D eigenvalue weighted by Crippen LogP contribution is 2.38. The molecule has 2 heteroatoms. The second-order valence-electron chi connectivity index (χ2n) is 6.87. The first-order valence-corrected chi connectivity index (χ1v) is 8.14. The minimum absolute atomic E-state index is 0.467. The lowest BCUT2D eigenvalue weighted by molar-refractivity contribution is 0.277. The number of nitrogens with one attached hydrogen (secondary N) is 1. The second kappa shape index (κ2) is 5.87. The largest absolute Gasteiger partial charge is 0.312 e. The summed E-state index contributed by atoms with van der Waals surface area (Å²) in [5.74, 6) is 1.98. The Balaban J connectivity index is 1.68. The fourth-order valence-electron chi connectivity index (χ4n) is 4.30. The van der Waals surface area contributed by atoms with Crippen molar-refractivity contribution in [3.05, 3.63) is 34.9 Å². The summed E-state index contributed by atoms with van der Waals surface area (Å²) in [7, 11) is 2.10. The van der Waals surface area contributed by atoms with Gasteiger partial charge in [-0.25, -0.2) is 0 Å². The van der Waals surface area contributed by atoms with Crippen LogP contribution in [0.4, 0.5) is 0 Å². The monoisotopic (exact) mass is 272 g/mol. The highest BCUT2D eigenvalue weighted by molar-refractivity contribution is 5.33. The minimum Gasteiger partial charge on any atom is -0.312 e. The Labute approximate surface area is 123 Å². The Morgan fingerprint density at radius 2 is 1.90 bits per heavy atom. The normalized spacial score (nSPS) is 27.8. The molecule has 110 valence electrons. The molecule has 20 heavy (non-hydrogen) atoms. The van der Waals surface area contributed by atoms with Crippen molar-refractivity contribution < 1.29 is 0 Å². The summed E-state index contributed by atoms with van der Waals surface area (Å²) < 4.78 is 0. The minimum atomic E-state index is 0.467. The number of aryl methyl sites for hydroxylation is 2. The molecule has 2 nitrogen and oxygen atoms in total. The van der Waals surface area contributed by atoms with Gasteiger partial charge in [-0.15, -0.1) is 0 Å². The smallest absolute Gasteiger partial charge is 0.0449 e. The molecule has 1 aliphatic carbocycles. The lowest BCUT2D eigenvalue weighted by atomic mass is 9.99. The van der Waals surface area contributed by atoms with E-state index in [0.717, 1.165) is 18.4 Å². The second-order valence-corrected chi connectivity index (χ2v) is 6.87. The van der Waals surface area contributed by atoms with E-state index < -0.39 is 0 Å². The van der Waals surface area contributed by atoms with Crippen LogP contribution >= 0.6 is 0 Å². The molecule has 1 heterocycles. The van der Waals surface area contributed by atoms with Crippen LogP contribution in [-0.4, -0.2) is 31.6 Å². The SMILES string of the molecule is CNC(CN1CC2CCCC2C1)c1ccc(C)cc1C. The van der Waals surface area contributed by atoms with Gasteiger partial charge in [0.05, 0.1) is 0 Å². The van der Waals surface area contributed by atoms with Crippen molar-refractivity contribution in [2.45, 2.75) is 39.2 Å². The van der Waals surface area contributed by atoms with Gasteiger partial charge in [-0.2, -0.15) is 0 Å². The quantitative estimate of drug-likeness (QED) is 0.905. The number of likely N-dealkylation sites (tertiary alicyclic amines) is 1. The van der Waals surface area contributed by atoms with Gasteiger partial charge in [0.25, 0.3) is 0 Å². The molecule has 0 aromatic heterocycles. The van der Waals surface area contributed by atoms with E-state index in [9.17, 15) is 0 Å². The number of fused-ring (bicyclic) bond motifs is 1. The Morgan fingerprint density at radius 3 is 2.50 bits per heavy atom. The first-order chi connectivity index (χ1) is 9.67. The van der Waals surface area contributed by atoms with Crippen LogP contribution in [0, 0.1) is 25.7 Å². The van der Waals surface area contributed by atoms with E-state index in [1.165, 1.54) is 49.0 Å². The maximum absolute atomic E-state index is 3.53. The van der Waals surface area contributed by atoms with Crippen molar-refractivity contribution in [2.75, 3.05) is 26.7 Å². The van der Waals surface area contributed by atoms with Gasteiger partial charge in [-0.1, -0.05) is 30.2 Å². The van der Waals surface area contributed by atoms with Crippen LogP contribution in [0.5, 0.6) is 0 Å². The highest BCUT2D eigenvalue weighted by atomic mass is 15.2. The third-order valence-corrected chi connectivity index (χ3v) is 5.39. The van der Waals surface area contributed by atoms with Crippen LogP contribution in [0.3, 0.4) is 0 Å². The van der Waals surface area contributed by atoms with E-state index in [4.69, 9.17) is 0 Å². The van der Waals surface area contributed by atoms with Crippen LogP contribution in [0.25, 0.3) is 0 Å². The topological polar surface area (TPSA) is 15.3 Å². The molecular formula is C18H28N2. The molecule has 1 N–H and O–H groups in total. The van der Waals surface area contributed by atoms with Crippen LogP contribution in [0.15, 0.2) is 18.2 Å². The van der Waals surface area contributed by atoms with Crippen LogP contribution in [0.1, 0.15) is 42.0 Å². The molecule has 0 amide bonds. The summed E-state index contributed by atoms with van der Waals surface area (Å²) in [6.45, 7) is 8.23. The summed E-state index contributed by atoms with van der Waals surface area (Å²) in [4.78, 5) is 2.69. The molecule has 0 bridgehead atoms. The molecule has 2 aliphatic rings. The zero-order valence-electron chi connectivity index (χ0n) is 13.2. The van der Waals surface area contributed by atoms with Crippen LogP contribution < -0.4 is 5.32 Å². The average Bonchev–Trinajstić information content (AvgIpc) is 2.97. The summed E-state index contributed by atoms with van der Waals surface area (Å²) in [5, 5.41) is 3.53. The number of nitrogens with zero attached hydrogens (tertiary/aromatic N) is 1. The molecule has 3 unspecified atom stereocenters. The molecule has 1 aromatic carbocycles. The third kappa shape index (κ3) is 2.77. The molecule has 0 spiro atoms. The third-order valence-electron chi connectivity index (χ3n) is 5.39. The Bertz CT molecular complexity index is 456. The molecule has 1 aliphatic heterocycles. The van der Waals surface area contributed by atoms with Crippen LogP contribution in [0.2, 0.25) is 0 Å². The van der Waals surface area contributed by atoms with Crippen molar-refractivity contribution in [2.24, 2.45) is 11.8 Å². The van der Waals surface area contributed by atoms with Crippen molar-refractivity contribution in [3.63, 3.8) is 0 Å².